The van der Waals surface area contributed by atoms with Crippen molar-refractivity contribution in [3.8, 4) is 11.4 Å². The number of amides is 2. The number of ether oxygens (including phenoxy) is 2. The zero-order valence-corrected chi connectivity index (χ0v) is 29.7. The first-order valence-electron chi connectivity index (χ1n) is 17.5. The summed E-state index contributed by atoms with van der Waals surface area (Å²) in [6, 6.07) is 3.75. The second kappa shape index (κ2) is 19.3. The molecule has 50 heavy (non-hydrogen) atoms. The highest BCUT2D eigenvalue weighted by molar-refractivity contribution is 5.87. The van der Waals surface area contributed by atoms with E-state index in [0.717, 1.165) is 75.8 Å². The molecule has 0 atom stereocenters. The van der Waals surface area contributed by atoms with E-state index in [9.17, 15) is 14.0 Å². The third-order valence-corrected chi connectivity index (χ3v) is 8.79. The summed E-state index contributed by atoms with van der Waals surface area (Å²) in [6.45, 7) is 18.0. The van der Waals surface area contributed by atoms with Crippen LogP contribution in [0.25, 0.3) is 16.9 Å². The summed E-state index contributed by atoms with van der Waals surface area (Å²) >= 11 is 0. The molecule has 3 fully saturated rings. The molecule has 3 aromatic rings. The lowest BCUT2D eigenvalue weighted by molar-refractivity contribution is -0.127. The highest BCUT2D eigenvalue weighted by Gasteiger charge is 2.29. The Balaban J connectivity index is 0.000000939. The minimum absolute atomic E-state index is 0. The number of morpholine rings is 1. The average Bonchev–Trinajstić information content (AvgIpc) is 3.58. The van der Waals surface area contributed by atoms with E-state index < -0.39 is 11.9 Å². The van der Waals surface area contributed by atoms with Gasteiger partial charge in [0.1, 0.15) is 17.2 Å². The molecule has 3 saturated heterocycles. The van der Waals surface area contributed by atoms with Gasteiger partial charge >= 0.3 is 6.09 Å². The van der Waals surface area contributed by atoms with Crippen molar-refractivity contribution in [1.82, 2.24) is 34.3 Å². The fraction of sp³-hybridized carbons (Fsp3) is 0.571. The van der Waals surface area contributed by atoms with E-state index in [1.165, 1.54) is 19.4 Å². The number of alkyl halides is 1. The van der Waals surface area contributed by atoms with E-state index >= 15 is 4.39 Å². The summed E-state index contributed by atoms with van der Waals surface area (Å²) in [5.74, 6) is 0.359. The number of pyridine rings is 1. The third-order valence-electron chi connectivity index (χ3n) is 8.79. The molecule has 3 aromatic heterocycles. The Hall–Kier alpha value is -4.21. The first-order valence-corrected chi connectivity index (χ1v) is 17.5. The largest absolute Gasteiger partial charge is 0.453 e. The maximum Gasteiger partial charge on any atom is 0.412 e. The van der Waals surface area contributed by atoms with Crippen LogP contribution < -0.4 is 10.2 Å². The number of carbonyl (C=O) groups is 2. The molecule has 276 valence electrons. The molecule has 0 saturated carbocycles. The van der Waals surface area contributed by atoms with Gasteiger partial charge in [0, 0.05) is 84.8 Å². The second-order valence-corrected chi connectivity index (χ2v) is 12.0. The molecule has 0 radical (unpaired) electrons. The van der Waals surface area contributed by atoms with Crippen LogP contribution in [0.1, 0.15) is 47.0 Å². The summed E-state index contributed by atoms with van der Waals surface area (Å²) in [5, 5.41) is 7.04. The quantitative estimate of drug-likeness (QED) is 0.326. The number of aromatic nitrogens is 4. The molecule has 2 amide bonds. The van der Waals surface area contributed by atoms with Gasteiger partial charge in [-0.1, -0.05) is 27.4 Å². The Bertz CT molecular complexity index is 1560. The van der Waals surface area contributed by atoms with Gasteiger partial charge in [-0.3, -0.25) is 24.3 Å². The lowest BCUT2D eigenvalue weighted by Crippen LogP contribution is -2.53. The maximum absolute atomic E-state index is 15.2. The Morgan fingerprint density at radius 1 is 1.10 bits per heavy atom. The zero-order chi connectivity index (χ0) is 36.0. The molecule has 3 aliphatic heterocycles. The smallest absolute Gasteiger partial charge is 0.412 e. The van der Waals surface area contributed by atoms with Gasteiger partial charge < -0.3 is 19.3 Å². The van der Waals surface area contributed by atoms with Crippen molar-refractivity contribution in [2.24, 2.45) is 0 Å². The normalized spacial score (nSPS) is 17.3. The number of nitrogens with one attached hydrogen (secondary N) is 1. The zero-order valence-electron chi connectivity index (χ0n) is 29.7. The molecule has 0 aromatic carbocycles. The number of fused-ring (bicyclic) bond motifs is 1. The average molecular weight is 702 g/mol. The van der Waals surface area contributed by atoms with Gasteiger partial charge in [-0.05, 0) is 37.0 Å². The van der Waals surface area contributed by atoms with Crippen molar-refractivity contribution >= 4 is 29.2 Å². The van der Waals surface area contributed by atoms with Crippen molar-refractivity contribution in [2.45, 2.75) is 52.6 Å². The molecule has 15 heteroatoms. The number of anilines is 2. The van der Waals surface area contributed by atoms with E-state index in [4.69, 9.17) is 9.72 Å². The number of carbonyl (C=O) groups excluding carboxylic acids is 2. The summed E-state index contributed by atoms with van der Waals surface area (Å²) < 4.78 is 37.9. The number of likely N-dealkylation sites (tertiary alicyclic amines) is 1. The van der Waals surface area contributed by atoms with Crippen LogP contribution in [0.5, 0.6) is 0 Å². The number of halogens is 2. The highest BCUT2D eigenvalue weighted by Crippen LogP contribution is 2.28. The first kappa shape index (κ1) is 38.6. The lowest BCUT2D eigenvalue weighted by Gasteiger charge is -2.42. The Kier molecular flexibility index (Phi) is 14.9. The van der Waals surface area contributed by atoms with Crippen LogP contribution in [0, 0.1) is 5.82 Å². The summed E-state index contributed by atoms with van der Waals surface area (Å²) in [4.78, 5) is 41.5. The highest BCUT2D eigenvalue weighted by atomic mass is 19.1. The third kappa shape index (κ3) is 9.94. The number of nitrogens with zero attached hydrogens (tertiary/aromatic N) is 8. The molecule has 0 aliphatic carbocycles. The van der Waals surface area contributed by atoms with Gasteiger partial charge in [-0.2, -0.15) is 0 Å². The van der Waals surface area contributed by atoms with E-state index in [0.29, 0.717) is 44.6 Å². The monoisotopic (exact) mass is 701 g/mol. The van der Waals surface area contributed by atoms with Crippen LogP contribution in [0.2, 0.25) is 0 Å². The van der Waals surface area contributed by atoms with E-state index in [1.807, 2.05) is 24.9 Å². The molecule has 0 bridgehead atoms. The number of piperidine rings is 1. The Morgan fingerprint density at radius 2 is 1.78 bits per heavy atom. The first-order chi connectivity index (χ1) is 24.3. The van der Waals surface area contributed by atoms with Gasteiger partial charge in [0.05, 0.1) is 32.6 Å². The van der Waals surface area contributed by atoms with Crippen LogP contribution in [0.4, 0.5) is 25.2 Å². The minimum Gasteiger partial charge on any atom is -0.453 e. The molecule has 6 rings (SSSR count). The van der Waals surface area contributed by atoms with E-state index in [-0.39, 0.29) is 31.2 Å². The van der Waals surface area contributed by atoms with Crippen LogP contribution in [-0.4, -0.2) is 132 Å². The predicted molar refractivity (Wildman–Crippen MR) is 192 cm³/mol. The molecule has 0 spiro atoms. The van der Waals surface area contributed by atoms with Crippen molar-refractivity contribution < 1.29 is 29.3 Å². The summed E-state index contributed by atoms with van der Waals surface area (Å²) in [5.41, 5.74) is 2.08. The van der Waals surface area contributed by atoms with Crippen molar-refractivity contribution in [1.29, 1.82) is 0 Å². The van der Waals surface area contributed by atoms with E-state index in [1.54, 1.807) is 11.4 Å². The van der Waals surface area contributed by atoms with Crippen LogP contribution in [0.3, 0.4) is 0 Å². The van der Waals surface area contributed by atoms with Crippen LogP contribution in [-0.2, 0) is 20.8 Å². The van der Waals surface area contributed by atoms with Crippen LogP contribution in [0.15, 0.2) is 37.2 Å². The molecule has 0 unspecified atom stereocenters. The predicted octanol–water partition coefficient (Wildman–Crippen LogP) is 4.88. The van der Waals surface area contributed by atoms with Gasteiger partial charge in [0.25, 0.3) is 0 Å². The number of hydrogen-bond acceptors (Lipinski definition) is 10. The maximum atomic E-state index is 15.2. The van der Waals surface area contributed by atoms with Gasteiger partial charge in [0.2, 0.25) is 5.91 Å². The minimum atomic E-state index is -0.736. The van der Waals surface area contributed by atoms with Crippen molar-refractivity contribution in [3.05, 3.63) is 48.6 Å². The molecule has 13 nitrogen and oxygen atoms in total. The lowest BCUT2D eigenvalue weighted by atomic mass is 10.0. The van der Waals surface area contributed by atoms with Gasteiger partial charge in [-0.25, -0.2) is 23.7 Å². The van der Waals surface area contributed by atoms with Crippen LogP contribution >= 0.6 is 0 Å². The van der Waals surface area contributed by atoms with Crippen molar-refractivity contribution in [2.75, 3.05) is 89.6 Å². The van der Waals surface area contributed by atoms with Gasteiger partial charge in [-0.15, -0.1) is 5.10 Å². The summed E-state index contributed by atoms with van der Waals surface area (Å²) in [6.07, 6.45) is 6.62. The second-order valence-electron chi connectivity index (χ2n) is 12.0. The molecular weight excluding hydrogens is 648 g/mol. The SMILES string of the molecule is C=CC(=O)N1CCC(N2CCN(Cc3cc4c(N5CCOCC5)nc(-c5cnc(NC(=O)OC)cc5F)nn4c3)CC2)CC1.CC.CCCF.[HH]. The number of methoxy groups -OCH3 is 1. The summed E-state index contributed by atoms with van der Waals surface area (Å²) in [7, 11) is 1.22. The number of hydrogen-bond donors (Lipinski definition) is 1. The molecular formula is C35H53F2N9O4. The standard InChI is InChI=1S/C30H38FN9O4.C3H7F.C2H6.H2/c1-3-27(41)38-6-4-22(5-7-38)37-10-8-36(9-11-37)19-21-16-25-29(39-12-14-44-15-13-39)34-28(35-40(25)20-21)23-18-32-26(17-24(23)31)33-30(42)43-2;1-2-3-4;1-2;/h3,16-18,20,22H,1,4-15,19H2,2H3,(H,32,33,42);2-3H2,1H3;1-2H3;1H. The Labute approximate surface area is 294 Å². The fourth-order valence-electron chi connectivity index (χ4n) is 6.19. The fourth-order valence-corrected chi connectivity index (χ4v) is 6.19. The van der Waals surface area contributed by atoms with Gasteiger partial charge in [0.15, 0.2) is 11.6 Å². The Morgan fingerprint density at radius 3 is 2.38 bits per heavy atom. The number of piperazine rings is 1. The molecule has 6 heterocycles. The molecule has 3 aliphatic rings. The number of rotatable bonds is 8. The van der Waals surface area contributed by atoms with E-state index in [2.05, 4.69) is 47.5 Å². The van der Waals surface area contributed by atoms with Crippen molar-refractivity contribution in [3.63, 3.8) is 0 Å². The molecule has 1 N–H and O–H groups in total. The topological polar surface area (TPSA) is 121 Å².